The molecule has 1 aromatic heterocycles. The summed E-state index contributed by atoms with van der Waals surface area (Å²) in [4.78, 5) is 14.1. The largest absolute Gasteiger partial charge is 0.550 e. The minimum absolute atomic E-state index is 0.00804. The Morgan fingerprint density at radius 2 is 2.11 bits per heavy atom. The fourth-order valence-electron chi connectivity index (χ4n) is 2.00. The molecule has 0 atom stereocenters. The Kier molecular flexibility index (Phi) is 4.09. The SMILES string of the molecule is C[NH+]1CCN(c2ccc(CCC(=O)[O-])nn2)CC1. The van der Waals surface area contributed by atoms with Gasteiger partial charge in [0.15, 0.2) is 5.82 Å². The molecule has 0 saturated carbocycles. The zero-order chi connectivity index (χ0) is 13.0. The van der Waals surface area contributed by atoms with Gasteiger partial charge in [0.25, 0.3) is 0 Å². The summed E-state index contributed by atoms with van der Waals surface area (Å²) in [6.45, 7) is 4.18. The fraction of sp³-hybridized carbons (Fsp3) is 0.583. The lowest BCUT2D eigenvalue weighted by atomic mass is 10.2. The molecule has 0 spiro atoms. The Labute approximate surface area is 106 Å². The van der Waals surface area contributed by atoms with Crippen LogP contribution >= 0.6 is 0 Å². The summed E-state index contributed by atoms with van der Waals surface area (Å²) in [6, 6.07) is 3.76. The van der Waals surface area contributed by atoms with Crippen molar-refractivity contribution in [2.24, 2.45) is 0 Å². The number of nitrogens with one attached hydrogen (secondary N) is 1. The Morgan fingerprint density at radius 1 is 1.39 bits per heavy atom. The van der Waals surface area contributed by atoms with Crippen LogP contribution in [0, 0.1) is 0 Å². The Morgan fingerprint density at radius 3 is 2.67 bits per heavy atom. The van der Waals surface area contributed by atoms with Gasteiger partial charge < -0.3 is 19.7 Å². The first-order valence-corrected chi connectivity index (χ1v) is 6.24. The molecule has 6 nitrogen and oxygen atoms in total. The Bertz CT molecular complexity index is 399. The van der Waals surface area contributed by atoms with Gasteiger partial charge in [-0.25, -0.2) is 0 Å². The molecule has 1 saturated heterocycles. The number of rotatable bonds is 4. The molecule has 0 amide bonds. The van der Waals surface area contributed by atoms with Gasteiger partial charge in [-0.1, -0.05) is 0 Å². The van der Waals surface area contributed by atoms with Crippen molar-refractivity contribution >= 4 is 11.8 Å². The van der Waals surface area contributed by atoms with Crippen LogP contribution in [0.25, 0.3) is 0 Å². The van der Waals surface area contributed by atoms with Crippen LogP contribution in [0.2, 0.25) is 0 Å². The van der Waals surface area contributed by atoms with Crippen molar-refractivity contribution < 1.29 is 14.8 Å². The van der Waals surface area contributed by atoms with Gasteiger partial charge in [0, 0.05) is 5.97 Å². The van der Waals surface area contributed by atoms with Crippen molar-refractivity contribution in [2.45, 2.75) is 12.8 Å². The summed E-state index contributed by atoms with van der Waals surface area (Å²) in [5, 5.41) is 18.6. The smallest absolute Gasteiger partial charge is 0.151 e. The van der Waals surface area contributed by atoms with Crippen LogP contribution in [0.4, 0.5) is 5.82 Å². The number of anilines is 1. The molecule has 1 aliphatic rings. The molecule has 98 valence electrons. The van der Waals surface area contributed by atoms with E-state index in [1.165, 1.54) is 4.90 Å². The summed E-state index contributed by atoms with van der Waals surface area (Å²) in [7, 11) is 2.19. The van der Waals surface area contributed by atoms with E-state index in [9.17, 15) is 9.90 Å². The van der Waals surface area contributed by atoms with Crippen molar-refractivity contribution in [3.8, 4) is 0 Å². The van der Waals surface area contributed by atoms with Gasteiger partial charge in [-0.2, -0.15) is 5.10 Å². The number of quaternary nitrogens is 1. The number of aliphatic carboxylic acids is 1. The summed E-state index contributed by atoms with van der Waals surface area (Å²) in [5.74, 6) is -0.178. The Balaban J connectivity index is 1.93. The molecule has 2 rings (SSSR count). The second kappa shape index (κ2) is 5.77. The highest BCUT2D eigenvalue weighted by Crippen LogP contribution is 2.10. The third-order valence-corrected chi connectivity index (χ3v) is 3.23. The first kappa shape index (κ1) is 12.8. The van der Waals surface area contributed by atoms with Gasteiger partial charge >= 0.3 is 0 Å². The van der Waals surface area contributed by atoms with E-state index in [0.717, 1.165) is 32.0 Å². The van der Waals surface area contributed by atoms with Crippen LogP contribution in [-0.2, 0) is 11.2 Å². The van der Waals surface area contributed by atoms with Gasteiger partial charge in [0.2, 0.25) is 0 Å². The van der Waals surface area contributed by atoms with E-state index >= 15 is 0 Å². The zero-order valence-corrected chi connectivity index (χ0v) is 10.6. The topological polar surface area (TPSA) is 73.6 Å². The fourth-order valence-corrected chi connectivity index (χ4v) is 2.00. The second-order valence-electron chi connectivity index (χ2n) is 4.70. The van der Waals surface area contributed by atoms with E-state index < -0.39 is 5.97 Å². The normalized spacial score (nSPS) is 16.8. The molecule has 1 fully saturated rings. The molecule has 0 aromatic carbocycles. The minimum atomic E-state index is -1.05. The number of carboxylic acids is 1. The number of likely N-dealkylation sites (N-methyl/N-ethyl adjacent to an activating group) is 1. The number of aryl methyl sites for hydroxylation is 1. The maximum Gasteiger partial charge on any atom is 0.151 e. The molecule has 6 heteroatoms. The van der Waals surface area contributed by atoms with Gasteiger partial charge in [0.1, 0.15) is 0 Å². The number of hydrogen-bond acceptors (Lipinski definition) is 5. The lowest BCUT2D eigenvalue weighted by Gasteiger charge is -2.30. The third kappa shape index (κ3) is 3.40. The van der Waals surface area contributed by atoms with Crippen LogP contribution in [0.3, 0.4) is 0 Å². The van der Waals surface area contributed by atoms with Crippen molar-refractivity contribution in [3.05, 3.63) is 17.8 Å². The highest BCUT2D eigenvalue weighted by Gasteiger charge is 2.17. The molecule has 1 N–H and O–H groups in total. The van der Waals surface area contributed by atoms with Gasteiger partial charge in [-0.05, 0) is 25.0 Å². The monoisotopic (exact) mass is 250 g/mol. The molecular weight excluding hydrogens is 232 g/mol. The Hall–Kier alpha value is -1.69. The number of carbonyl (C=O) groups is 1. The van der Waals surface area contributed by atoms with Crippen LogP contribution in [0.15, 0.2) is 12.1 Å². The quantitative estimate of drug-likeness (QED) is 0.639. The number of piperazine rings is 1. The van der Waals surface area contributed by atoms with E-state index in [1.807, 2.05) is 12.1 Å². The first-order valence-electron chi connectivity index (χ1n) is 6.24. The predicted octanol–water partition coefficient (Wildman–Crippen LogP) is -2.51. The van der Waals surface area contributed by atoms with Crippen LogP contribution in [0.5, 0.6) is 0 Å². The van der Waals surface area contributed by atoms with Crippen molar-refractivity contribution in [3.63, 3.8) is 0 Å². The van der Waals surface area contributed by atoms with Crippen molar-refractivity contribution in [1.29, 1.82) is 0 Å². The van der Waals surface area contributed by atoms with Crippen molar-refractivity contribution in [1.82, 2.24) is 10.2 Å². The van der Waals surface area contributed by atoms with E-state index in [-0.39, 0.29) is 6.42 Å². The average molecular weight is 250 g/mol. The average Bonchev–Trinajstić information content (AvgIpc) is 2.38. The first-order chi connectivity index (χ1) is 8.65. The summed E-state index contributed by atoms with van der Waals surface area (Å²) >= 11 is 0. The lowest BCUT2D eigenvalue weighted by molar-refractivity contribution is -0.880. The molecule has 2 heterocycles. The maximum atomic E-state index is 10.3. The molecule has 0 radical (unpaired) electrons. The molecule has 0 bridgehead atoms. The number of aromatic nitrogens is 2. The highest BCUT2D eigenvalue weighted by molar-refractivity contribution is 5.64. The summed E-state index contributed by atoms with van der Waals surface area (Å²) < 4.78 is 0. The number of carbonyl (C=O) groups excluding carboxylic acids is 1. The van der Waals surface area contributed by atoms with E-state index in [2.05, 4.69) is 22.1 Å². The highest BCUT2D eigenvalue weighted by atomic mass is 16.4. The minimum Gasteiger partial charge on any atom is -0.550 e. The van der Waals surface area contributed by atoms with Gasteiger partial charge in [-0.3, -0.25) is 0 Å². The second-order valence-corrected chi connectivity index (χ2v) is 4.70. The zero-order valence-electron chi connectivity index (χ0n) is 10.6. The molecular formula is C12H18N4O2. The predicted molar refractivity (Wildman–Crippen MR) is 64.2 cm³/mol. The molecule has 0 unspecified atom stereocenters. The van der Waals surface area contributed by atoms with E-state index in [1.54, 1.807) is 0 Å². The molecule has 1 aromatic rings. The summed E-state index contributed by atoms with van der Waals surface area (Å²) in [5.41, 5.74) is 0.697. The molecule has 18 heavy (non-hydrogen) atoms. The maximum absolute atomic E-state index is 10.3. The summed E-state index contributed by atoms with van der Waals surface area (Å²) in [6.07, 6.45) is 0.369. The van der Waals surface area contributed by atoms with Crippen LogP contribution in [0.1, 0.15) is 12.1 Å². The van der Waals surface area contributed by atoms with E-state index in [0.29, 0.717) is 12.1 Å². The molecule has 1 aliphatic heterocycles. The van der Waals surface area contributed by atoms with Crippen LogP contribution < -0.4 is 14.9 Å². The third-order valence-electron chi connectivity index (χ3n) is 3.23. The lowest BCUT2D eigenvalue weighted by Crippen LogP contribution is -3.12. The number of carboxylic acid groups (broad SMARTS) is 1. The number of hydrogen-bond donors (Lipinski definition) is 1. The number of nitrogens with zero attached hydrogens (tertiary/aromatic N) is 3. The van der Waals surface area contributed by atoms with Gasteiger partial charge in [0.05, 0.1) is 38.9 Å². The van der Waals surface area contributed by atoms with Crippen LogP contribution in [-0.4, -0.2) is 49.4 Å². The van der Waals surface area contributed by atoms with E-state index in [4.69, 9.17) is 0 Å². The molecule has 0 aliphatic carbocycles. The standard InChI is InChI=1S/C12H18N4O2/c1-15-6-8-16(9-7-15)11-4-2-10(13-14-11)3-5-12(17)18/h2,4H,3,5-9H2,1H3,(H,17,18). The van der Waals surface area contributed by atoms with Crippen molar-refractivity contribution in [2.75, 3.05) is 38.1 Å². The van der Waals surface area contributed by atoms with Gasteiger partial charge in [-0.15, -0.1) is 5.10 Å².